The molecule has 0 spiro atoms. The van der Waals surface area contributed by atoms with Crippen molar-refractivity contribution in [1.29, 1.82) is 0 Å². The molecule has 0 unspecified atom stereocenters. The van der Waals surface area contributed by atoms with Gasteiger partial charge >= 0.3 is 6.09 Å². The number of amides is 2. The summed E-state index contributed by atoms with van der Waals surface area (Å²) < 4.78 is 23.5. The summed E-state index contributed by atoms with van der Waals surface area (Å²) in [6, 6.07) is -1.46. The van der Waals surface area contributed by atoms with Gasteiger partial charge in [-0.3, -0.25) is 9.18 Å². The second kappa shape index (κ2) is 11.1. The van der Waals surface area contributed by atoms with Crippen molar-refractivity contribution in [3.8, 4) is 0 Å². The molecule has 0 aromatic carbocycles. The number of hydrogen-bond acceptors (Lipinski definition) is 5. The molecule has 2 aliphatic rings. The average Bonchev–Trinajstić information content (AvgIpc) is 2.82. The van der Waals surface area contributed by atoms with E-state index < -0.39 is 48.6 Å². The van der Waals surface area contributed by atoms with Gasteiger partial charge < -0.3 is 25.2 Å². The number of alkyl carbamates (subject to hydrolysis) is 1. The van der Waals surface area contributed by atoms with Crippen molar-refractivity contribution in [2.24, 2.45) is 5.92 Å². The van der Waals surface area contributed by atoms with Crippen LogP contribution in [0.2, 0.25) is 0 Å². The van der Waals surface area contributed by atoms with Gasteiger partial charge in [0, 0.05) is 6.42 Å². The number of nitrogens with one attached hydrogen (secondary N) is 2. The van der Waals surface area contributed by atoms with Crippen molar-refractivity contribution >= 4 is 12.0 Å². The molecule has 0 bridgehead atoms. The Labute approximate surface area is 173 Å². The van der Waals surface area contributed by atoms with Crippen molar-refractivity contribution in [2.75, 3.05) is 13.3 Å². The summed E-state index contributed by atoms with van der Waals surface area (Å²) >= 11 is 0. The fourth-order valence-electron chi connectivity index (χ4n) is 4.12. The maximum absolute atomic E-state index is 13.0. The number of ether oxygens (including phenoxy) is 2. The van der Waals surface area contributed by atoms with Crippen LogP contribution in [0.3, 0.4) is 0 Å². The zero-order valence-corrected chi connectivity index (χ0v) is 17.9. The van der Waals surface area contributed by atoms with Gasteiger partial charge in [-0.2, -0.15) is 0 Å². The molecule has 4 atom stereocenters. The lowest BCUT2D eigenvalue weighted by Gasteiger charge is -2.28. The summed E-state index contributed by atoms with van der Waals surface area (Å²) in [4.78, 5) is 25.3. The standard InChI is InChI=1S/C21H37FN2O5/c1-21(2,3)29-20(27)23-15(12-14-8-6-4-5-7-9-14)19(26)24-18-16(25)13-28-17(18)10-11-22/h14-18,25H,4-13H2,1-3H3,(H,23,27)(H,24,26)/t15-,16-,17-,18+/m0/s1. The molecule has 2 rings (SSSR count). The van der Waals surface area contributed by atoms with E-state index in [1.54, 1.807) is 20.8 Å². The number of aliphatic hydroxyl groups excluding tert-OH is 1. The Balaban J connectivity index is 2.05. The van der Waals surface area contributed by atoms with E-state index in [0.717, 1.165) is 25.7 Å². The number of halogens is 1. The largest absolute Gasteiger partial charge is 0.444 e. The second-order valence-electron chi connectivity index (χ2n) is 9.24. The molecular formula is C21H37FN2O5. The molecule has 8 heteroatoms. The van der Waals surface area contributed by atoms with Crippen molar-refractivity contribution in [1.82, 2.24) is 10.6 Å². The molecule has 7 nitrogen and oxygen atoms in total. The number of carbonyl (C=O) groups excluding carboxylic acids is 2. The summed E-state index contributed by atoms with van der Waals surface area (Å²) in [6.07, 6.45) is 5.21. The van der Waals surface area contributed by atoms with E-state index in [1.165, 1.54) is 12.8 Å². The Kier molecular flexibility index (Phi) is 9.14. The quantitative estimate of drug-likeness (QED) is 0.555. The summed E-state index contributed by atoms with van der Waals surface area (Å²) in [6.45, 7) is 4.76. The molecule has 2 fully saturated rings. The molecule has 1 saturated heterocycles. The number of carbonyl (C=O) groups is 2. The normalized spacial score (nSPS) is 27.1. The predicted octanol–water partition coefficient (Wildman–Crippen LogP) is 2.84. The van der Waals surface area contributed by atoms with Gasteiger partial charge in [-0.15, -0.1) is 0 Å². The van der Waals surface area contributed by atoms with Gasteiger partial charge in [-0.1, -0.05) is 38.5 Å². The molecule has 1 heterocycles. The minimum Gasteiger partial charge on any atom is -0.444 e. The third kappa shape index (κ3) is 8.09. The van der Waals surface area contributed by atoms with Crippen LogP contribution in [-0.4, -0.2) is 60.3 Å². The zero-order chi connectivity index (χ0) is 21.4. The maximum Gasteiger partial charge on any atom is 0.408 e. The van der Waals surface area contributed by atoms with Gasteiger partial charge in [-0.05, 0) is 33.1 Å². The molecule has 0 aromatic heterocycles. The Hall–Kier alpha value is -1.41. The minimum absolute atomic E-state index is 0.0579. The van der Waals surface area contributed by atoms with E-state index >= 15 is 0 Å². The topological polar surface area (TPSA) is 96.9 Å². The average molecular weight is 417 g/mol. The lowest BCUT2D eigenvalue weighted by Crippen LogP contribution is -2.55. The molecule has 29 heavy (non-hydrogen) atoms. The summed E-state index contributed by atoms with van der Waals surface area (Å²) in [5.41, 5.74) is -0.671. The van der Waals surface area contributed by atoms with Crippen LogP contribution in [-0.2, 0) is 14.3 Å². The summed E-state index contributed by atoms with van der Waals surface area (Å²) in [5.74, 6) is -0.0481. The predicted molar refractivity (Wildman–Crippen MR) is 107 cm³/mol. The highest BCUT2D eigenvalue weighted by Gasteiger charge is 2.39. The van der Waals surface area contributed by atoms with E-state index in [2.05, 4.69) is 10.6 Å². The fraction of sp³-hybridized carbons (Fsp3) is 0.905. The van der Waals surface area contributed by atoms with E-state index in [-0.39, 0.29) is 13.0 Å². The summed E-state index contributed by atoms with van der Waals surface area (Å²) in [7, 11) is 0. The molecule has 1 saturated carbocycles. The van der Waals surface area contributed by atoms with Crippen LogP contribution in [0.15, 0.2) is 0 Å². The van der Waals surface area contributed by atoms with Crippen LogP contribution in [0, 0.1) is 5.92 Å². The Morgan fingerprint density at radius 2 is 1.86 bits per heavy atom. The van der Waals surface area contributed by atoms with Gasteiger partial charge in [0.1, 0.15) is 17.7 Å². The van der Waals surface area contributed by atoms with Gasteiger partial charge in [0.25, 0.3) is 0 Å². The maximum atomic E-state index is 13.0. The van der Waals surface area contributed by atoms with Crippen molar-refractivity contribution in [3.63, 3.8) is 0 Å². The van der Waals surface area contributed by atoms with Crippen molar-refractivity contribution < 1.29 is 28.6 Å². The SMILES string of the molecule is CC(C)(C)OC(=O)N[C@@H](CC1CCCCCC1)C(=O)N[C@H]1[C@H](CCF)OC[C@@H]1O. The molecule has 0 aromatic rings. The van der Waals surface area contributed by atoms with E-state index in [4.69, 9.17) is 9.47 Å². The van der Waals surface area contributed by atoms with Crippen LogP contribution in [0.4, 0.5) is 9.18 Å². The first-order chi connectivity index (χ1) is 13.7. The van der Waals surface area contributed by atoms with Crippen molar-refractivity contribution in [3.05, 3.63) is 0 Å². The van der Waals surface area contributed by atoms with Gasteiger partial charge in [-0.25, -0.2) is 4.79 Å². The zero-order valence-electron chi connectivity index (χ0n) is 17.9. The highest BCUT2D eigenvalue weighted by molar-refractivity contribution is 5.86. The molecular weight excluding hydrogens is 379 g/mol. The highest BCUT2D eigenvalue weighted by atomic mass is 19.1. The van der Waals surface area contributed by atoms with Crippen LogP contribution in [0.5, 0.6) is 0 Å². The van der Waals surface area contributed by atoms with Crippen LogP contribution in [0.25, 0.3) is 0 Å². The molecule has 0 radical (unpaired) electrons. The third-order valence-electron chi connectivity index (χ3n) is 5.55. The number of hydrogen-bond donors (Lipinski definition) is 3. The monoisotopic (exact) mass is 416 g/mol. The third-order valence-corrected chi connectivity index (χ3v) is 5.55. The molecule has 2 amide bonds. The van der Waals surface area contributed by atoms with Gasteiger partial charge in [0.05, 0.1) is 25.4 Å². The first-order valence-corrected chi connectivity index (χ1v) is 10.8. The summed E-state index contributed by atoms with van der Waals surface area (Å²) in [5, 5.41) is 15.6. The first kappa shape index (κ1) is 23.9. The van der Waals surface area contributed by atoms with E-state index in [0.29, 0.717) is 12.3 Å². The minimum atomic E-state index is -0.893. The van der Waals surface area contributed by atoms with Crippen LogP contribution in [0.1, 0.15) is 72.1 Å². The molecule has 1 aliphatic heterocycles. The highest BCUT2D eigenvalue weighted by Crippen LogP contribution is 2.27. The Bertz CT molecular complexity index is 530. The molecule has 168 valence electrons. The lowest BCUT2D eigenvalue weighted by molar-refractivity contribution is -0.125. The molecule has 1 aliphatic carbocycles. The Morgan fingerprint density at radius 1 is 1.21 bits per heavy atom. The van der Waals surface area contributed by atoms with Crippen LogP contribution < -0.4 is 10.6 Å². The van der Waals surface area contributed by atoms with Crippen molar-refractivity contribution in [2.45, 2.75) is 102 Å². The lowest BCUT2D eigenvalue weighted by atomic mass is 9.92. The van der Waals surface area contributed by atoms with Gasteiger partial charge in [0.2, 0.25) is 5.91 Å². The van der Waals surface area contributed by atoms with E-state index in [1.807, 2.05) is 0 Å². The number of alkyl halides is 1. The first-order valence-electron chi connectivity index (χ1n) is 10.8. The van der Waals surface area contributed by atoms with Gasteiger partial charge in [0.15, 0.2) is 0 Å². The smallest absolute Gasteiger partial charge is 0.408 e. The van der Waals surface area contributed by atoms with E-state index in [9.17, 15) is 19.1 Å². The number of rotatable bonds is 7. The fourth-order valence-corrected chi connectivity index (χ4v) is 4.12. The second-order valence-corrected chi connectivity index (χ2v) is 9.24. The van der Waals surface area contributed by atoms with Crippen LogP contribution >= 0.6 is 0 Å². The number of aliphatic hydroxyl groups is 1. The molecule has 3 N–H and O–H groups in total. The Morgan fingerprint density at radius 3 is 2.45 bits per heavy atom.